The summed E-state index contributed by atoms with van der Waals surface area (Å²) in [6.45, 7) is 1.81. The van der Waals surface area contributed by atoms with Gasteiger partial charge in [-0.05, 0) is 82.9 Å². The van der Waals surface area contributed by atoms with Gasteiger partial charge in [0.2, 0.25) is 0 Å². The topological polar surface area (TPSA) is 308 Å². The van der Waals surface area contributed by atoms with Crippen molar-refractivity contribution in [3.8, 4) is 0 Å². The van der Waals surface area contributed by atoms with Gasteiger partial charge in [0.15, 0.2) is 24.8 Å². The van der Waals surface area contributed by atoms with Crippen molar-refractivity contribution in [2.45, 2.75) is 38.5 Å². The second-order valence-corrected chi connectivity index (χ2v) is 16.8. The summed E-state index contributed by atoms with van der Waals surface area (Å²) in [5.74, 6) is -6.31. The normalized spacial score (nSPS) is 10.9. The largest absolute Gasteiger partial charge is 0.542 e. The highest BCUT2D eigenvalue weighted by Gasteiger charge is 2.29. The van der Waals surface area contributed by atoms with Gasteiger partial charge in [0.25, 0.3) is 11.8 Å². The van der Waals surface area contributed by atoms with Gasteiger partial charge in [0.05, 0.1) is 0 Å². The molecule has 396 valence electrons. The van der Waals surface area contributed by atoms with Crippen LogP contribution in [-0.2, 0) is 49.9 Å². The second kappa shape index (κ2) is 24.8. The van der Waals surface area contributed by atoms with Crippen LogP contribution in [0.2, 0.25) is 0 Å². The number of aromatic nitrogens is 4. The lowest BCUT2D eigenvalue weighted by Crippen LogP contribution is -2.37. The van der Waals surface area contributed by atoms with Crippen LogP contribution in [-0.4, -0.2) is 56.9 Å². The van der Waals surface area contributed by atoms with Crippen LogP contribution in [0.5, 0.6) is 0 Å². The number of rotatable bonds is 12. The number of hydrogen-bond acceptors (Lipinski definition) is 10. The zero-order chi connectivity index (χ0) is 56.1. The highest BCUT2D eigenvalue weighted by molar-refractivity contribution is 6.01. The molecule has 24 heteroatoms. The van der Waals surface area contributed by atoms with E-state index in [9.17, 15) is 35.9 Å². The van der Waals surface area contributed by atoms with Gasteiger partial charge in [-0.3, -0.25) is 20.4 Å². The third kappa shape index (κ3) is 16.1. The van der Waals surface area contributed by atoms with Crippen molar-refractivity contribution in [2.75, 3.05) is 11.5 Å². The van der Waals surface area contributed by atoms with Gasteiger partial charge < -0.3 is 62.5 Å². The number of carboxylic acid groups (broad SMARTS) is 2. The SMILES string of the molecule is C[n+]1ccc(CNC(=O)c2cc3cc(N)ccc3n2Cc2cccc(C(=N)N)c2)cc1.C[n+]1ccc(CNC(=O)c2cc3cc(N)ccc3n2Cc2cccc(C(=N)N)c2)cc1.O=C([O-])C(F)(F)F.O=C([O-])C(F)(F)F. The molecule has 2 amide bonds. The molecule has 12 N–H and O–H groups in total. The smallest absolute Gasteiger partial charge is 0.430 e. The van der Waals surface area contributed by atoms with Crippen LogP contribution >= 0.6 is 0 Å². The third-order valence-electron chi connectivity index (χ3n) is 10.9. The molecule has 0 atom stereocenters. The summed E-state index contributed by atoms with van der Waals surface area (Å²) >= 11 is 0. The van der Waals surface area contributed by atoms with Crippen LogP contribution in [0.15, 0.2) is 146 Å². The van der Waals surface area contributed by atoms with Crippen molar-refractivity contribution in [3.05, 3.63) is 191 Å². The number of benzene rings is 4. The lowest BCUT2D eigenvalue weighted by molar-refractivity contribution is -0.671. The van der Waals surface area contributed by atoms with Crippen molar-refractivity contribution in [1.82, 2.24) is 19.8 Å². The van der Waals surface area contributed by atoms with Crippen molar-refractivity contribution in [3.63, 3.8) is 0 Å². The zero-order valence-corrected chi connectivity index (χ0v) is 40.5. The first kappa shape index (κ1) is 57.2. The van der Waals surface area contributed by atoms with E-state index in [1.807, 2.05) is 166 Å². The van der Waals surface area contributed by atoms with Crippen LogP contribution in [0.25, 0.3) is 21.8 Å². The second-order valence-electron chi connectivity index (χ2n) is 16.8. The van der Waals surface area contributed by atoms with Crippen LogP contribution in [0.1, 0.15) is 54.4 Å². The molecule has 0 aliphatic heterocycles. The number of carbonyl (C=O) groups excluding carboxylic acids is 4. The fraction of sp³-hybridized carbons (Fsp3) is 0.154. The molecule has 4 heterocycles. The van der Waals surface area contributed by atoms with E-state index in [2.05, 4.69) is 10.6 Å². The zero-order valence-electron chi connectivity index (χ0n) is 40.5. The number of halogens is 6. The quantitative estimate of drug-likeness (QED) is 0.0291. The van der Waals surface area contributed by atoms with Crippen LogP contribution in [0.3, 0.4) is 0 Å². The molecule has 4 aromatic heterocycles. The number of pyridine rings is 2. The highest BCUT2D eigenvalue weighted by atomic mass is 19.4. The molecular weight excluding hydrogens is 1000 g/mol. The van der Waals surface area contributed by atoms with Crippen molar-refractivity contribution < 1.29 is 64.9 Å². The first-order valence-electron chi connectivity index (χ1n) is 22.4. The molecule has 76 heavy (non-hydrogen) atoms. The van der Waals surface area contributed by atoms with Crippen molar-refractivity contribution in [1.29, 1.82) is 10.8 Å². The number of carbonyl (C=O) groups is 4. The Morgan fingerprint density at radius 3 is 1.16 bits per heavy atom. The highest BCUT2D eigenvalue weighted by Crippen LogP contribution is 2.26. The Morgan fingerprint density at radius 1 is 0.526 bits per heavy atom. The predicted molar refractivity (Wildman–Crippen MR) is 266 cm³/mol. The standard InChI is InChI=1S/2C24H24N6O.2C2HF3O2/c2*1-29-9-7-16(8-10-29)14-28-24(31)22-13-19-12-20(25)5-6-21(19)30(22)15-17-3-2-4-18(11-17)23(26)27;2*3-2(4,5)1(6)7/h2*2-13H,14-15,25H2,1H3,(H3-,26,27,28,31);2*(H,6,7). The summed E-state index contributed by atoms with van der Waals surface area (Å²) in [7, 11) is 3.90. The van der Waals surface area contributed by atoms with Crippen LogP contribution < -0.4 is 52.9 Å². The maximum atomic E-state index is 13.1. The molecule has 0 fully saturated rings. The minimum atomic E-state index is -5.19. The van der Waals surface area contributed by atoms with Gasteiger partial charge in [-0.1, -0.05) is 36.4 Å². The molecule has 8 rings (SSSR count). The average Bonchev–Trinajstić information content (AvgIpc) is 3.90. The Hall–Kier alpha value is -9.74. The molecule has 0 saturated carbocycles. The molecule has 0 aliphatic rings. The maximum Gasteiger partial charge on any atom is 0.430 e. The number of fused-ring (bicyclic) bond motifs is 2. The fourth-order valence-corrected chi connectivity index (χ4v) is 7.18. The van der Waals surface area contributed by atoms with E-state index in [0.717, 1.165) is 44.1 Å². The lowest BCUT2D eigenvalue weighted by Gasteiger charge is -2.12. The van der Waals surface area contributed by atoms with E-state index in [-0.39, 0.29) is 23.5 Å². The van der Waals surface area contributed by atoms with Crippen molar-refractivity contribution >= 4 is 68.6 Å². The molecule has 0 unspecified atom stereocenters. The summed E-state index contributed by atoms with van der Waals surface area (Å²) < 4.78 is 70.9. The molecule has 4 aromatic carbocycles. The van der Waals surface area contributed by atoms with Gasteiger partial charge in [-0.25, -0.2) is 9.13 Å². The first-order chi connectivity index (χ1) is 35.7. The molecule has 0 saturated heterocycles. The molecule has 0 radical (unpaired) electrons. The predicted octanol–water partition coefficient (Wildman–Crippen LogP) is 3.22. The van der Waals surface area contributed by atoms with Gasteiger partial charge in [-0.15, -0.1) is 0 Å². The number of alkyl halides is 6. The summed E-state index contributed by atoms with van der Waals surface area (Å²) in [6, 6.07) is 37.9. The minimum Gasteiger partial charge on any atom is -0.542 e. The van der Waals surface area contributed by atoms with Crippen molar-refractivity contribution in [2.24, 2.45) is 25.6 Å². The fourth-order valence-electron chi connectivity index (χ4n) is 7.18. The Morgan fingerprint density at radius 2 is 0.855 bits per heavy atom. The number of nitrogens with one attached hydrogen (secondary N) is 4. The van der Waals surface area contributed by atoms with E-state index in [1.54, 1.807) is 12.1 Å². The number of carboxylic acids is 2. The monoisotopic (exact) mass is 1050 g/mol. The number of amides is 2. The number of nitrogen functional groups attached to an aromatic ring is 4. The number of aliphatic carboxylic acids is 2. The summed E-state index contributed by atoms with van der Waals surface area (Å²) in [5.41, 5.74) is 32.7. The van der Waals surface area contributed by atoms with E-state index in [1.165, 1.54) is 0 Å². The van der Waals surface area contributed by atoms with E-state index in [4.69, 9.17) is 53.6 Å². The average molecular weight is 1050 g/mol. The van der Waals surface area contributed by atoms with Crippen LogP contribution in [0.4, 0.5) is 37.7 Å². The number of hydrogen-bond donors (Lipinski definition) is 8. The Labute approximate surface area is 429 Å². The lowest BCUT2D eigenvalue weighted by atomic mass is 10.1. The van der Waals surface area contributed by atoms with E-state index < -0.39 is 24.3 Å². The van der Waals surface area contributed by atoms with Gasteiger partial charge in [-0.2, -0.15) is 26.3 Å². The Kier molecular flexibility index (Phi) is 18.6. The van der Waals surface area contributed by atoms with Crippen LogP contribution in [0, 0.1) is 10.8 Å². The van der Waals surface area contributed by atoms with Gasteiger partial charge >= 0.3 is 12.4 Å². The molecule has 0 aliphatic carbocycles. The van der Waals surface area contributed by atoms with Gasteiger partial charge in [0, 0.05) is 94.8 Å². The summed E-state index contributed by atoms with van der Waals surface area (Å²) in [5, 5.41) is 40.8. The van der Waals surface area contributed by atoms with E-state index >= 15 is 0 Å². The number of nitrogens with two attached hydrogens (primary N) is 4. The minimum absolute atomic E-state index is 0.0150. The maximum absolute atomic E-state index is 13.1. The molecule has 18 nitrogen and oxygen atoms in total. The molecule has 0 spiro atoms. The van der Waals surface area contributed by atoms with E-state index in [0.29, 0.717) is 60.1 Å². The molecule has 0 bridgehead atoms. The van der Waals surface area contributed by atoms with Gasteiger partial charge in [0.1, 0.15) is 49.1 Å². The Balaban J connectivity index is 0.000000225. The number of anilines is 2. The number of amidine groups is 2. The third-order valence-corrected chi connectivity index (χ3v) is 10.9. The number of nitrogens with zero attached hydrogens (tertiary/aromatic N) is 4. The number of aryl methyl sites for hydroxylation is 2. The first-order valence-corrected chi connectivity index (χ1v) is 22.4. The summed E-state index contributed by atoms with van der Waals surface area (Å²) in [4.78, 5) is 43.8. The summed E-state index contributed by atoms with van der Waals surface area (Å²) in [6.07, 6.45) is -2.60. The Bertz CT molecular complexity index is 3190. The molecule has 8 aromatic rings. The molecular formula is C52H50F6N12O6.